The first-order valence-corrected chi connectivity index (χ1v) is 8.90. The van der Waals surface area contributed by atoms with E-state index in [1.54, 1.807) is 0 Å². The minimum atomic E-state index is 0.378. The van der Waals surface area contributed by atoms with Gasteiger partial charge in [0, 0.05) is 28.7 Å². The van der Waals surface area contributed by atoms with Gasteiger partial charge in [0.25, 0.3) is 0 Å². The Hall–Kier alpha value is -0.200. The Kier molecular flexibility index (Phi) is 5.59. The SMILES string of the molecule is CCC(Cc1nc(C2CSC(C)C(C)S2)no1)NC. The highest BCUT2D eigenvalue weighted by Crippen LogP contribution is 2.43. The second kappa shape index (κ2) is 6.99. The van der Waals surface area contributed by atoms with Crippen molar-refractivity contribution in [1.29, 1.82) is 0 Å². The number of hydrogen-bond acceptors (Lipinski definition) is 6. The van der Waals surface area contributed by atoms with E-state index >= 15 is 0 Å². The Labute approximate surface area is 123 Å². The molecule has 2 heterocycles. The molecule has 4 atom stereocenters. The largest absolute Gasteiger partial charge is 0.339 e. The van der Waals surface area contributed by atoms with Crippen LogP contribution in [0.4, 0.5) is 0 Å². The number of aromatic nitrogens is 2. The molecule has 6 heteroatoms. The van der Waals surface area contributed by atoms with Crippen molar-refractivity contribution in [3.8, 4) is 0 Å². The van der Waals surface area contributed by atoms with E-state index in [4.69, 9.17) is 4.52 Å². The summed E-state index contributed by atoms with van der Waals surface area (Å²) in [4.78, 5) is 4.58. The van der Waals surface area contributed by atoms with E-state index in [0.29, 0.717) is 21.8 Å². The van der Waals surface area contributed by atoms with Gasteiger partial charge in [-0.3, -0.25) is 0 Å². The van der Waals surface area contributed by atoms with Crippen LogP contribution in [0.25, 0.3) is 0 Å². The van der Waals surface area contributed by atoms with E-state index in [1.807, 2.05) is 30.6 Å². The summed E-state index contributed by atoms with van der Waals surface area (Å²) in [6.45, 7) is 6.73. The maximum Gasteiger partial charge on any atom is 0.228 e. The van der Waals surface area contributed by atoms with Crippen molar-refractivity contribution in [2.45, 2.75) is 55.4 Å². The van der Waals surface area contributed by atoms with Gasteiger partial charge in [-0.25, -0.2) is 0 Å². The molecule has 19 heavy (non-hydrogen) atoms. The molecule has 1 aliphatic heterocycles. The minimum absolute atomic E-state index is 0.378. The third-order valence-corrected chi connectivity index (χ3v) is 7.03. The average molecular weight is 301 g/mol. The maximum absolute atomic E-state index is 5.39. The first-order chi connectivity index (χ1) is 9.13. The van der Waals surface area contributed by atoms with Gasteiger partial charge in [-0.2, -0.15) is 16.7 Å². The average Bonchev–Trinajstić information content (AvgIpc) is 2.87. The number of thioether (sulfide) groups is 2. The molecule has 1 aliphatic rings. The topological polar surface area (TPSA) is 51.0 Å². The highest BCUT2D eigenvalue weighted by atomic mass is 32.2. The van der Waals surface area contributed by atoms with E-state index in [1.165, 1.54) is 0 Å². The zero-order chi connectivity index (χ0) is 13.8. The van der Waals surface area contributed by atoms with Crippen LogP contribution in [0, 0.1) is 0 Å². The molecule has 1 saturated heterocycles. The lowest BCUT2D eigenvalue weighted by Crippen LogP contribution is -2.26. The van der Waals surface area contributed by atoms with Gasteiger partial charge in [0.05, 0.1) is 5.25 Å². The summed E-state index contributed by atoms with van der Waals surface area (Å²) in [7, 11) is 1.97. The molecule has 1 aromatic rings. The summed E-state index contributed by atoms with van der Waals surface area (Å²) >= 11 is 3.98. The lowest BCUT2D eigenvalue weighted by Gasteiger charge is -2.29. The third kappa shape index (κ3) is 3.89. The number of nitrogens with one attached hydrogen (secondary N) is 1. The van der Waals surface area contributed by atoms with Crippen molar-refractivity contribution in [1.82, 2.24) is 15.5 Å². The Morgan fingerprint density at radius 1 is 1.42 bits per heavy atom. The molecule has 1 N–H and O–H groups in total. The molecule has 0 saturated carbocycles. The van der Waals surface area contributed by atoms with Crippen LogP contribution in [0.15, 0.2) is 4.52 Å². The van der Waals surface area contributed by atoms with E-state index in [9.17, 15) is 0 Å². The standard InChI is InChI=1S/C13H23N3OS2/c1-5-10(14-4)6-12-15-13(16-17-12)11-7-18-8(2)9(3)19-11/h8-11,14H,5-7H2,1-4H3. The first-order valence-electron chi connectivity index (χ1n) is 6.90. The molecule has 0 aromatic carbocycles. The fourth-order valence-corrected chi connectivity index (χ4v) is 4.90. The smallest absolute Gasteiger partial charge is 0.228 e. The third-order valence-electron chi connectivity index (χ3n) is 3.64. The molecule has 1 aromatic heterocycles. The normalized spacial score (nSPS) is 29.4. The first kappa shape index (κ1) is 15.2. The van der Waals surface area contributed by atoms with Gasteiger partial charge in [-0.15, -0.1) is 11.8 Å². The fraction of sp³-hybridized carbons (Fsp3) is 0.846. The minimum Gasteiger partial charge on any atom is -0.339 e. The van der Waals surface area contributed by atoms with Crippen LogP contribution < -0.4 is 5.32 Å². The fourth-order valence-electron chi connectivity index (χ4n) is 2.06. The van der Waals surface area contributed by atoms with Crippen molar-refractivity contribution >= 4 is 23.5 Å². The van der Waals surface area contributed by atoms with Gasteiger partial charge in [0.1, 0.15) is 0 Å². The number of rotatable bonds is 5. The van der Waals surface area contributed by atoms with Gasteiger partial charge >= 0.3 is 0 Å². The molecule has 4 nitrogen and oxygen atoms in total. The van der Waals surface area contributed by atoms with Crippen molar-refractivity contribution < 1.29 is 4.52 Å². The monoisotopic (exact) mass is 301 g/mol. The Morgan fingerprint density at radius 2 is 2.21 bits per heavy atom. The Balaban J connectivity index is 1.97. The number of likely N-dealkylation sites (N-methyl/N-ethyl adjacent to an activating group) is 1. The van der Waals surface area contributed by atoms with Crippen molar-refractivity contribution in [3.05, 3.63) is 11.7 Å². The van der Waals surface area contributed by atoms with Gasteiger partial charge in [0.2, 0.25) is 5.89 Å². The lowest BCUT2D eigenvalue weighted by atomic mass is 10.1. The molecule has 1 fully saturated rings. The highest BCUT2D eigenvalue weighted by Gasteiger charge is 2.29. The zero-order valence-corrected chi connectivity index (χ0v) is 13.7. The van der Waals surface area contributed by atoms with Gasteiger partial charge < -0.3 is 9.84 Å². The van der Waals surface area contributed by atoms with Crippen molar-refractivity contribution in [3.63, 3.8) is 0 Å². The van der Waals surface area contributed by atoms with Crippen LogP contribution >= 0.6 is 23.5 Å². The molecular formula is C13H23N3OS2. The molecule has 108 valence electrons. The Morgan fingerprint density at radius 3 is 2.84 bits per heavy atom. The Bertz CT molecular complexity index is 395. The molecule has 0 aliphatic carbocycles. The number of nitrogens with zero attached hydrogens (tertiary/aromatic N) is 2. The summed E-state index contributed by atoms with van der Waals surface area (Å²) in [5.74, 6) is 2.71. The van der Waals surface area contributed by atoms with E-state index in [-0.39, 0.29) is 0 Å². The molecule has 2 rings (SSSR count). The summed E-state index contributed by atoms with van der Waals surface area (Å²) in [5, 5.41) is 9.17. The van der Waals surface area contributed by atoms with Crippen LogP contribution in [0.1, 0.15) is 44.2 Å². The summed E-state index contributed by atoms with van der Waals surface area (Å²) in [5.41, 5.74) is 0. The quantitative estimate of drug-likeness (QED) is 0.902. The van der Waals surface area contributed by atoms with E-state index < -0.39 is 0 Å². The molecular weight excluding hydrogens is 278 g/mol. The maximum atomic E-state index is 5.39. The molecule has 0 radical (unpaired) electrons. The molecule has 0 spiro atoms. The summed E-state index contributed by atoms with van der Waals surface area (Å²) in [6.07, 6.45) is 1.88. The highest BCUT2D eigenvalue weighted by molar-refractivity contribution is 8.07. The van der Waals surface area contributed by atoms with Crippen LogP contribution in [0.2, 0.25) is 0 Å². The van der Waals surface area contributed by atoms with Crippen LogP contribution in [0.3, 0.4) is 0 Å². The zero-order valence-electron chi connectivity index (χ0n) is 12.0. The lowest BCUT2D eigenvalue weighted by molar-refractivity contribution is 0.355. The van der Waals surface area contributed by atoms with Crippen molar-refractivity contribution in [2.75, 3.05) is 12.8 Å². The van der Waals surface area contributed by atoms with Gasteiger partial charge in [0.15, 0.2) is 5.82 Å². The van der Waals surface area contributed by atoms with Gasteiger partial charge in [-0.05, 0) is 13.5 Å². The van der Waals surface area contributed by atoms with Crippen LogP contribution in [-0.2, 0) is 6.42 Å². The van der Waals surface area contributed by atoms with E-state index in [2.05, 4.69) is 36.2 Å². The van der Waals surface area contributed by atoms with E-state index in [0.717, 1.165) is 30.3 Å². The van der Waals surface area contributed by atoms with Gasteiger partial charge in [-0.1, -0.05) is 25.9 Å². The van der Waals surface area contributed by atoms with Crippen LogP contribution in [-0.4, -0.2) is 39.5 Å². The second-order valence-electron chi connectivity index (χ2n) is 5.01. The van der Waals surface area contributed by atoms with Crippen molar-refractivity contribution in [2.24, 2.45) is 0 Å². The molecule has 0 amide bonds. The summed E-state index contributed by atoms with van der Waals surface area (Å²) < 4.78 is 5.39. The molecule has 4 unspecified atom stereocenters. The molecule has 0 bridgehead atoms. The predicted octanol–water partition coefficient (Wildman–Crippen LogP) is 2.91. The second-order valence-corrected chi connectivity index (χ2v) is 8.01. The number of hydrogen-bond donors (Lipinski definition) is 1. The summed E-state index contributed by atoms with van der Waals surface area (Å²) in [6, 6.07) is 0.417. The van der Waals surface area contributed by atoms with Crippen LogP contribution in [0.5, 0.6) is 0 Å². The predicted molar refractivity (Wildman–Crippen MR) is 82.9 cm³/mol.